The number of aliphatic hydroxyl groups excluding tert-OH is 1. The van der Waals surface area contributed by atoms with Crippen molar-refractivity contribution < 1.29 is 9.90 Å². The van der Waals surface area contributed by atoms with Gasteiger partial charge in [-0.05, 0) is 31.2 Å². The van der Waals surface area contributed by atoms with Crippen molar-refractivity contribution >= 4 is 5.78 Å². The maximum absolute atomic E-state index is 11.9. The Morgan fingerprint density at radius 3 is 3.07 bits per heavy atom. The Hall–Kier alpha value is -1.16. The Kier molecular flexibility index (Phi) is 2.86. The summed E-state index contributed by atoms with van der Waals surface area (Å²) >= 11 is 0. The van der Waals surface area contributed by atoms with E-state index < -0.39 is 6.10 Å². The second-order valence-corrected chi connectivity index (χ2v) is 4.09. The van der Waals surface area contributed by atoms with Gasteiger partial charge in [0.1, 0.15) is 11.8 Å². The topological polar surface area (TPSA) is 55.1 Å². The highest BCUT2D eigenvalue weighted by Crippen LogP contribution is 2.33. The number of hydrogen-bond acceptors (Lipinski definition) is 3. The van der Waals surface area contributed by atoms with Gasteiger partial charge in [-0.25, -0.2) is 0 Å². The maximum atomic E-state index is 11.9. The van der Waals surface area contributed by atoms with Crippen LogP contribution in [0.2, 0.25) is 0 Å². The third-order valence-electron chi connectivity index (χ3n) is 2.74. The Balaban J connectivity index is 2.13. The van der Waals surface area contributed by atoms with Crippen LogP contribution in [0.4, 0.5) is 0 Å². The van der Waals surface area contributed by atoms with E-state index in [1.54, 1.807) is 16.9 Å². The lowest BCUT2D eigenvalue weighted by Gasteiger charge is -2.09. The van der Waals surface area contributed by atoms with E-state index in [4.69, 9.17) is 0 Å². The molecule has 0 radical (unpaired) electrons. The van der Waals surface area contributed by atoms with Crippen LogP contribution in [0.5, 0.6) is 0 Å². The number of carbonyl (C=O) groups excluding carboxylic acids is 1. The van der Waals surface area contributed by atoms with Crippen LogP contribution >= 0.6 is 0 Å². The lowest BCUT2D eigenvalue weighted by atomic mass is 10.1. The molecule has 1 heterocycles. The van der Waals surface area contributed by atoms with Crippen LogP contribution < -0.4 is 0 Å². The third kappa shape index (κ3) is 2.09. The molecule has 0 spiro atoms. The van der Waals surface area contributed by atoms with E-state index >= 15 is 0 Å². The number of rotatable bonds is 5. The van der Waals surface area contributed by atoms with Crippen molar-refractivity contribution in [1.82, 2.24) is 9.78 Å². The molecule has 4 heteroatoms. The summed E-state index contributed by atoms with van der Waals surface area (Å²) in [6.07, 6.45) is 3.66. The van der Waals surface area contributed by atoms with Gasteiger partial charge in [0.25, 0.3) is 0 Å². The van der Waals surface area contributed by atoms with Gasteiger partial charge in [-0.3, -0.25) is 9.48 Å². The fraction of sp³-hybridized carbons (Fsp3) is 0.636. The Morgan fingerprint density at radius 1 is 1.73 bits per heavy atom. The number of aromatic nitrogens is 2. The van der Waals surface area contributed by atoms with E-state index in [9.17, 15) is 9.90 Å². The molecule has 1 unspecified atom stereocenters. The first-order chi connectivity index (χ1) is 7.24. The maximum Gasteiger partial charge on any atom is 0.209 e. The van der Waals surface area contributed by atoms with Crippen LogP contribution in [0.3, 0.4) is 0 Å². The SMILES string of the molecule is CCCn1nccc1C(=O)C(O)C1CC1. The summed E-state index contributed by atoms with van der Waals surface area (Å²) in [5.41, 5.74) is 0.538. The zero-order valence-electron chi connectivity index (χ0n) is 8.89. The van der Waals surface area contributed by atoms with Crippen molar-refractivity contribution in [3.63, 3.8) is 0 Å². The van der Waals surface area contributed by atoms with Crippen molar-refractivity contribution in [3.05, 3.63) is 18.0 Å². The van der Waals surface area contributed by atoms with Gasteiger partial charge in [-0.1, -0.05) is 6.92 Å². The largest absolute Gasteiger partial charge is 0.385 e. The second-order valence-electron chi connectivity index (χ2n) is 4.09. The quantitative estimate of drug-likeness (QED) is 0.741. The molecule has 1 saturated carbocycles. The molecule has 82 valence electrons. The van der Waals surface area contributed by atoms with Crippen LogP contribution in [0, 0.1) is 5.92 Å². The van der Waals surface area contributed by atoms with Gasteiger partial charge in [0.05, 0.1) is 0 Å². The molecular weight excluding hydrogens is 192 g/mol. The van der Waals surface area contributed by atoms with Crippen molar-refractivity contribution in [2.24, 2.45) is 5.92 Å². The van der Waals surface area contributed by atoms with E-state index in [-0.39, 0.29) is 11.7 Å². The highest BCUT2D eigenvalue weighted by atomic mass is 16.3. The Labute approximate surface area is 88.9 Å². The molecule has 1 aromatic heterocycles. The standard InChI is InChI=1S/C11H16N2O2/c1-2-7-13-9(5-6-12-13)11(15)10(14)8-3-4-8/h5-6,8,10,14H,2-4,7H2,1H3. The lowest BCUT2D eigenvalue weighted by Crippen LogP contribution is -2.25. The molecule has 2 rings (SSSR count). The Morgan fingerprint density at radius 2 is 2.47 bits per heavy atom. The number of aryl methyl sites for hydroxylation is 1. The molecule has 0 amide bonds. The van der Waals surface area contributed by atoms with Gasteiger partial charge in [0, 0.05) is 12.7 Å². The van der Waals surface area contributed by atoms with Crippen molar-refractivity contribution in [2.45, 2.75) is 38.8 Å². The van der Waals surface area contributed by atoms with E-state index in [1.165, 1.54) is 0 Å². The molecule has 1 fully saturated rings. The van der Waals surface area contributed by atoms with Crippen LogP contribution in [0.1, 0.15) is 36.7 Å². The summed E-state index contributed by atoms with van der Waals surface area (Å²) in [4.78, 5) is 11.9. The molecule has 4 nitrogen and oxygen atoms in total. The van der Waals surface area contributed by atoms with Gasteiger partial charge in [-0.15, -0.1) is 0 Å². The minimum atomic E-state index is -0.822. The predicted molar refractivity (Wildman–Crippen MR) is 55.6 cm³/mol. The summed E-state index contributed by atoms with van der Waals surface area (Å²) in [6, 6.07) is 1.68. The predicted octanol–water partition coefficient (Wildman–Crippen LogP) is 1.25. The van der Waals surface area contributed by atoms with Gasteiger partial charge in [0.15, 0.2) is 0 Å². The van der Waals surface area contributed by atoms with Crippen LogP contribution in [-0.2, 0) is 6.54 Å². The second kappa shape index (κ2) is 4.14. The highest BCUT2D eigenvalue weighted by Gasteiger charge is 2.36. The first-order valence-corrected chi connectivity index (χ1v) is 5.48. The first-order valence-electron chi connectivity index (χ1n) is 5.48. The first kappa shape index (κ1) is 10.4. The summed E-state index contributed by atoms with van der Waals surface area (Å²) in [5, 5.41) is 13.8. The minimum absolute atomic E-state index is 0.177. The average Bonchev–Trinajstić information content (AvgIpc) is 2.98. The number of carbonyl (C=O) groups is 1. The molecule has 0 saturated heterocycles. The third-order valence-corrected chi connectivity index (χ3v) is 2.74. The summed E-state index contributed by atoms with van der Waals surface area (Å²) in [5.74, 6) is 0.00549. The molecule has 0 bridgehead atoms. The van der Waals surface area contributed by atoms with Crippen LogP contribution in [0.15, 0.2) is 12.3 Å². The normalized spacial score (nSPS) is 17.7. The number of Topliss-reactive ketones (excluding diaryl/α,β-unsaturated/α-hetero) is 1. The van der Waals surface area contributed by atoms with Crippen molar-refractivity contribution in [1.29, 1.82) is 0 Å². The number of hydrogen-bond donors (Lipinski definition) is 1. The smallest absolute Gasteiger partial charge is 0.209 e. The van der Waals surface area contributed by atoms with Crippen LogP contribution in [-0.4, -0.2) is 26.8 Å². The summed E-state index contributed by atoms with van der Waals surface area (Å²) in [7, 11) is 0. The molecule has 1 aromatic rings. The number of nitrogens with zero attached hydrogens (tertiary/aromatic N) is 2. The van der Waals surface area contributed by atoms with Gasteiger partial charge < -0.3 is 5.11 Å². The zero-order chi connectivity index (χ0) is 10.8. The molecule has 1 N–H and O–H groups in total. The van der Waals surface area contributed by atoms with Gasteiger partial charge in [-0.2, -0.15) is 5.10 Å². The fourth-order valence-electron chi connectivity index (χ4n) is 1.71. The molecule has 1 atom stereocenters. The molecule has 1 aliphatic carbocycles. The number of aliphatic hydroxyl groups is 1. The van der Waals surface area contributed by atoms with E-state index in [1.807, 2.05) is 6.92 Å². The van der Waals surface area contributed by atoms with Crippen molar-refractivity contribution in [2.75, 3.05) is 0 Å². The fourth-order valence-corrected chi connectivity index (χ4v) is 1.71. The number of ketones is 1. The van der Waals surface area contributed by atoms with Crippen LogP contribution in [0.25, 0.3) is 0 Å². The van der Waals surface area contributed by atoms with E-state index in [0.717, 1.165) is 25.8 Å². The monoisotopic (exact) mass is 208 g/mol. The molecular formula is C11H16N2O2. The zero-order valence-corrected chi connectivity index (χ0v) is 8.89. The average molecular weight is 208 g/mol. The molecule has 0 aliphatic heterocycles. The van der Waals surface area contributed by atoms with Gasteiger partial charge in [0.2, 0.25) is 5.78 Å². The van der Waals surface area contributed by atoms with E-state index in [2.05, 4.69) is 5.10 Å². The van der Waals surface area contributed by atoms with Crippen molar-refractivity contribution in [3.8, 4) is 0 Å². The lowest BCUT2D eigenvalue weighted by molar-refractivity contribution is 0.0692. The Bertz CT molecular complexity index is 355. The summed E-state index contributed by atoms with van der Waals surface area (Å²) in [6.45, 7) is 2.76. The minimum Gasteiger partial charge on any atom is -0.385 e. The molecule has 15 heavy (non-hydrogen) atoms. The summed E-state index contributed by atoms with van der Waals surface area (Å²) < 4.78 is 1.67. The highest BCUT2D eigenvalue weighted by molar-refractivity contribution is 5.98. The molecule has 1 aliphatic rings. The van der Waals surface area contributed by atoms with Gasteiger partial charge >= 0.3 is 0 Å². The molecule has 0 aromatic carbocycles. The van der Waals surface area contributed by atoms with E-state index in [0.29, 0.717) is 5.69 Å².